The zero-order valence-corrected chi connectivity index (χ0v) is 19.3. The molecule has 6 nitrogen and oxygen atoms in total. The number of methoxy groups -OCH3 is 1. The Hall–Kier alpha value is -1.37. The maximum absolute atomic E-state index is 12.5. The van der Waals surface area contributed by atoms with E-state index in [1.165, 1.54) is 0 Å². The number of piperidine rings is 1. The van der Waals surface area contributed by atoms with Crippen molar-refractivity contribution >= 4 is 46.8 Å². The van der Waals surface area contributed by atoms with E-state index in [0.29, 0.717) is 28.8 Å². The van der Waals surface area contributed by atoms with Crippen LogP contribution >= 0.6 is 34.8 Å². The van der Waals surface area contributed by atoms with Gasteiger partial charge in [0.15, 0.2) is 0 Å². The van der Waals surface area contributed by atoms with Crippen molar-refractivity contribution in [2.75, 3.05) is 26.1 Å². The van der Waals surface area contributed by atoms with E-state index < -0.39 is 11.7 Å². The van der Waals surface area contributed by atoms with Crippen LogP contribution in [0.3, 0.4) is 0 Å². The van der Waals surface area contributed by atoms with Crippen molar-refractivity contribution in [3.05, 3.63) is 27.7 Å². The number of rotatable bonds is 5. The van der Waals surface area contributed by atoms with Gasteiger partial charge in [-0.2, -0.15) is 0 Å². The highest BCUT2D eigenvalue weighted by Crippen LogP contribution is 2.42. The van der Waals surface area contributed by atoms with Crippen LogP contribution in [-0.4, -0.2) is 54.6 Å². The first-order valence-electron chi connectivity index (χ1n) is 9.41. The third kappa shape index (κ3) is 6.30. The first-order chi connectivity index (χ1) is 13.6. The number of hydrogen-bond donors (Lipinski definition) is 1. The van der Waals surface area contributed by atoms with Gasteiger partial charge in [-0.15, -0.1) is 11.6 Å². The third-order valence-corrected chi connectivity index (χ3v) is 5.79. The minimum absolute atomic E-state index is 0.0545. The van der Waals surface area contributed by atoms with Crippen LogP contribution in [0, 0.1) is 0 Å². The minimum atomic E-state index is -0.590. The molecule has 1 aliphatic heterocycles. The number of nitrogens with one attached hydrogen (secondary N) is 1. The molecule has 162 valence electrons. The van der Waals surface area contributed by atoms with Crippen LogP contribution in [0.15, 0.2) is 12.1 Å². The fraction of sp³-hybridized carbons (Fsp3) is 0.600. The number of carbonyl (C=O) groups excluding carboxylic acids is 2. The minimum Gasteiger partial charge on any atom is -0.496 e. The van der Waals surface area contributed by atoms with Crippen LogP contribution in [0.1, 0.15) is 45.1 Å². The summed E-state index contributed by atoms with van der Waals surface area (Å²) in [7, 11) is 1.57. The molecular weight excluding hydrogens is 439 g/mol. The second-order valence-corrected chi connectivity index (χ2v) is 9.02. The molecule has 1 heterocycles. The lowest BCUT2D eigenvalue weighted by Crippen LogP contribution is -2.52. The summed E-state index contributed by atoms with van der Waals surface area (Å²) in [6, 6.07) is 3.27. The molecule has 2 unspecified atom stereocenters. The average Bonchev–Trinajstić information content (AvgIpc) is 2.66. The molecule has 0 bridgehead atoms. The molecule has 0 radical (unpaired) electrons. The van der Waals surface area contributed by atoms with E-state index in [4.69, 9.17) is 44.3 Å². The van der Waals surface area contributed by atoms with Crippen molar-refractivity contribution in [2.45, 2.75) is 51.2 Å². The van der Waals surface area contributed by atoms with Crippen LogP contribution in [0.5, 0.6) is 5.75 Å². The summed E-state index contributed by atoms with van der Waals surface area (Å²) in [5.41, 5.74) is 0.195. The Bertz CT molecular complexity index is 752. The summed E-state index contributed by atoms with van der Waals surface area (Å²) in [6.45, 7) is 6.07. The normalized spacial score (nSPS) is 19.6. The fourth-order valence-corrected chi connectivity index (χ4v) is 4.11. The molecule has 0 aliphatic carbocycles. The van der Waals surface area contributed by atoms with E-state index in [1.54, 1.807) is 44.9 Å². The van der Waals surface area contributed by atoms with Crippen molar-refractivity contribution in [3.8, 4) is 5.75 Å². The van der Waals surface area contributed by atoms with Crippen molar-refractivity contribution < 1.29 is 19.1 Å². The molecule has 1 N–H and O–H groups in total. The number of halogens is 3. The molecule has 1 aromatic rings. The summed E-state index contributed by atoms with van der Waals surface area (Å²) >= 11 is 18.5. The van der Waals surface area contributed by atoms with Gasteiger partial charge in [-0.3, -0.25) is 4.79 Å². The number of carbonyl (C=O) groups is 2. The molecule has 29 heavy (non-hydrogen) atoms. The van der Waals surface area contributed by atoms with Crippen molar-refractivity contribution in [1.29, 1.82) is 0 Å². The van der Waals surface area contributed by atoms with Gasteiger partial charge in [0.1, 0.15) is 17.2 Å². The second-order valence-electron chi connectivity index (χ2n) is 7.97. The van der Waals surface area contributed by atoms with E-state index in [-0.39, 0.29) is 30.3 Å². The predicted molar refractivity (Wildman–Crippen MR) is 115 cm³/mol. The summed E-state index contributed by atoms with van der Waals surface area (Å²) in [5, 5.41) is 3.61. The molecule has 1 aromatic carbocycles. The van der Waals surface area contributed by atoms with Crippen molar-refractivity contribution in [2.24, 2.45) is 0 Å². The van der Waals surface area contributed by atoms with Gasteiger partial charge in [-0.1, -0.05) is 23.2 Å². The predicted octanol–water partition coefficient (Wildman–Crippen LogP) is 4.84. The molecule has 0 aromatic heterocycles. The Morgan fingerprint density at radius 2 is 1.93 bits per heavy atom. The topological polar surface area (TPSA) is 67.9 Å². The molecule has 2 rings (SSSR count). The quantitative estimate of drug-likeness (QED) is 0.632. The Labute approximate surface area is 186 Å². The van der Waals surface area contributed by atoms with Gasteiger partial charge in [0.25, 0.3) is 0 Å². The first-order valence-corrected chi connectivity index (χ1v) is 10.7. The highest BCUT2D eigenvalue weighted by atomic mass is 35.5. The molecule has 1 aliphatic rings. The summed E-state index contributed by atoms with van der Waals surface area (Å²) in [4.78, 5) is 26.2. The number of hydrogen-bond acceptors (Lipinski definition) is 4. The third-order valence-electron chi connectivity index (χ3n) is 4.74. The van der Waals surface area contributed by atoms with Gasteiger partial charge in [0.05, 0.1) is 17.2 Å². The fourth-order valence-electron chi connectivity index (χ4n) is 3.48. The van der Waals surface area contributed by atoms with E-state index in [2.05, 4.69) is 5.32 Å². The molecular formula is C20H27Cl3N2O4. The van der Waals surface area contributed by atoms with E-state index in [9.17, 15) is 9.59 Å². The van der Waals surface area contributed by atoms with Gasteiger partial charge < -0.3 is 19.7 Å². The second kappa shape index (κ2) is 10.1. The number of benzene rings is 1. The lowest BCUT2D eigenvalue weighted by Gasteiger charge is -2.40. The first kappa shape index (κ1) is 23.9. The zero-order chi connectivity index (χ0) is 21.8. The highest BCUT2D eigenvalue weighted by Gasteiger charge is 2.34. The summed E-state index contributed by atoms with van der Waals surface area (Å²) in [6.07, 6.45) is 0.899. The number of nitrogens with zero attached hydrogens (tertiary/aromatic N) is 1. The summed E-state index contributed by atoms with van der Waals surface area (Å²) < 4.78 is 10.7. The van der Waals surface area contributed by atoms with Crippen molar-refractivity contribution in [3.63, 3.8) is 0 Å². The van der Waals surface area contributed by atoms with Gasteiger partial charge in [-0.05, 0) is 45.7 Å². The maximum Gasteiger partial charge on any atom is 0.407 e. The number of amides is 2. The van der Waals surface area contributed by atoms with Gasteiger partial charge >= 0.3 is 6.09 Å². The molecule has 0 saturated carbocycles. The number of ether oxygens (including phenoxy) is 2. The van der Waals surface area contributed by atoms with Crippen molar-refractivity contribution in [1.82, 2.24) is 10.2 Å². The van der Waals surface area contributed by atoms with E-state index in [0.717, 1.165) is 12.0 Å². The lowest BCUT2D eigenvalue weighted by molar-refractivity contribution is -0.132. The monoisotopic (exact) mass is 464 g/mol. The van der Waals surface area contributed by atoms with Crippen LogP contribution in [0.4, 0.5) is 4.79 Å². The Balaban J connectivity index is 2.16. The van der Waals surface area contributed by atoms with Crippen LogP contribution in [0.2, 0.25) is 10.0 Å². The zero-order valence-electron chi connectivity index (χ0n) is 17.1. The molecule has 1 saturated heterocycles. The standard InChI is InChI=1S/C20H27Cl3N2O4/c1-20(2,3)29-19(27)24-10-13-6-5-12(11-25(13)16(26)9-21)17-15(28-4)8-7-14(22)18(17)23/h7-8,12-13H,5-6,9-11H2,1-4H3,(H,24,27). The maximum atomic E-state index is 12.5. The van der Waals surface area contributed by atoms with Crippen LogP contribution in [0.25, 0.3) is 0 Å². The molecule has 1 fully saturated rings. The van der Waals surface area contributed by atoms with Crippen LogP contribution in [-0.2, 0) is 9.53 Å². The lowest BCUT2D eigenvalue weighted by atomic mass is 9.86. The summed E-state index contributed by atoms with van der Waals surface area (Å²) in [5.74, 6) is 0.231. The Morgan fingerprint density at radius 1 is 1.24 bits per heavy atom. The smallest absolute Gasteiger partial charge is 0.407 e. The molecule has 9 heteroatoms. The van der Waals surface area contributed by atoms with E-state index >= 15 is 0 Å². The number of alkyl halides is 1. The van der Waals surface area contributed by atoms with E-state index in [1.807, 2.05) is 0 Å². The largest absolute Gasteiger partial charge is 0.496 e. The molecule has 0 spiro atoms. The molecule has 2 amide bonds. The highest BCUT2D eigenvalue weighted by molar-refractivity contribution is 6.42. The number of likely N-dealkylation sites (tertiary alicyclic amines) is 1. The van der Waals surface area contributed by atoms with Gasteiger partial charge in [0.2, 0.25) is 5.91 Å². The van der Waals surface area contributed by atoms with Gasteiger partial charge in [-0.25, -0.2) is 4.79 Å². The average molecular weight is 466 g/mol. The Morgan fingerprint density at radius 3 is 2.52 bits per heavy atom. The molecule has 2 atom stereocenters. The Kier molecular flexibility index (Phi) is 8.32. The SMILES string of the molecule is COc1ccc(Cl)c(Cl)c1C1CCC(CNC(=O)OC(C)(C)C)N(C(=O)CCl)C1. The number of alkyl carbamates (subject to hydrolysis) is 1. The van der Waals surface area contributed by atoms with Gasteiger partial charge in [0, 0.05) is 30.6 Å². The van der Waals surface area contributed by atoms with Crippen LogP contribution < -0.4 is 10.1 Å².